The zero-order valence-electron chi connectivity index (χ0n) is 8.28. The molecule has 8 heteroatoms. The first-order valence-corrected chi connectivity index (χ1v) is 4.43. The zero-order valence-corrected chi connectivity index (χ0v) is 8.28. The Morgan fingerprint density at radius 1 is 1.56 bits per heavy atom. The van der Waals surface area contributed by atoms with Gasteiger partial charge in [0.1, 0.15) is 6.10 Å². The van der Waals surface area contributed by atoms with Gasteiger partial charge in [-0.3, -0.25) is 10.1 Å². The maximum Gasteiger partial charge on any atom is 0.311 e. The number of aromatic nitrogens is 1. The standard InChI is InChI=1S/C8H12N4O4/c9-2-6(13)7(14)4-1-5(12(15)16)8(10)11-3-4/h1,3,6-7,13-14H,2,9H2,(H2,10,11). The highest BCUT2D eigenvalue weighted by atomic mass is 16.6. The Morgan fingerprint density at radius 2 is 2.19 bits per heavy atom. The molecule has 1 aromatic rings. The van der Waals surface area contributed by atoms with E-state index in [1.54, 1.807) is 0 Å². The highest BCUT2D eigenvalue weighted by Gasteiger charge is 2.21. The largest absolute Gasteiger partial charge is 0.389 e. The minimum atomic E-state index is -1.32. The number of rotatable bonds is 4. The van der Waals surface area contributed by atoms with Gasteiger partial charge in [-0.1, -0.05) is 0 Å². The topological polar surface area (TPSA) is 149 Å². The maximum absolute atomic E-state index is 10.6. The van der Waals surface area contributed by atoms with Gasteiger partial charge >= 0.3 is 5.69 Å². The molecule has 16 heavy (non-hydrogen) atoms. The van der Waals surface area contributed by atoms with Crippen molar-refractivity contribution >= 4 is 11.5 Å². The molecule has 0 radical (unpaired) electrons. The molecule has 6 N–H and O–H groups in total. The molecule has 0 amide bonds. The van der Waals surface area contributed by atoms with E-state index in [9.17, 15) is 20.3 Å². The average molecular weight is 228 g/mol. The molecular formula is C8H12N4O4. The Hall–Kier alpha value is -1.77. The molecule has 0 saturated carbocycles. The summed E-state index contributed by atoms with van der Waals surface area (Å²) in [4.78, 5) is 13.4. The molecular weight excluding hydrogens is 216 g/mol. The van der Waals surface area contributed by atoms with Crippen molar-refractivity contribution in [3.05, 3.63) is 27.9 Å². The van der Waals surface area contributed by atoms with Crippen LogP contribution in [0, 0.1) is 10.1 Å². The molecule has 1 rings (SSSR count). The summed E-state index contributed by atoms with van der Waals surface area (Å²) in [7, 11) is 0. The van der Waals surface area contributed by atoms with Crippen LogP contribution in [-0.4, -0.2) is 32.8 Å². The van der Waals surface area contributed by atoms with E-state index < -0.39 is 22.8 Å². The number of aliphatic hydroxyl groups is 2. The molecule has 88 valence electrons. The first kappa shape index (κ1) is 12.3. The van der Waals surface area contributed by atoms with Crippen molar-refractivity contribution in [1.82, 2.24) is 4.98 Å². The predicted octanol–water partition coefficient (Wildman–Crippen LogP) is -1.07. The molecule has 8 nitrogen and oxygen atoms in total. The Morgan fingerprint density at radius 3 is 2.69 bits per heavy atom. The van der Waals surface area contributed by atoms with E-state index in [2.05, 4.69) is 4.98 Å². The predicted molar refractivity (Wildman–Crippen MR) is 55.3 cm³/mol. The van der Waals surface area contributed by atoms with Crippen LogP contribution in [0.15, 0.2) is 12.3 Å². The third-order valence-electron chi connectivity index (χ3n) is 2.06. The Kier molecular flexibility index (Phi) is 3.72. The number of nitrogens with zero attached hydrogens (tertiary/aromatic N) is 2. The molecule has 0 bridgehead atoms. The van der Waals surface area contributed by atoms with E-state index in [4.69, 9.17) is 11.5 Å². The third kappa shape index (κ3) is 2.42. The minimum Gasteiger partial charge on any atom is -0.389 e. The lowest BCUT2D eigenvalue weighted by molar-refractivity contribution is -0.384. The van der Waals surface area contributed by atoms with E-state index in [0.29, 0.717) is 0 Å². The van der Waals surface area contributed by atoms with Crippen LogP contribution in [0.25, 0.3) is 0 Å². The van der Waals surface area contributed by atoms with Crippen LogP contribution in [0.1, 0.15) is 11.7 Å². The third-order valence-corrected chi connectivity index (χ3v) is 2.06. The Labute approximate surface area is 90.7 Å². The van der Waals surface area contributed by atoms with Crippen LogP contribution in [0.2, 0.25) is 0 Å². The van der Waals surface area contributed by atoms with Crippen molar-refractivity contribution in [3.8, 4) is 0 Å². The van der Waals surface area contributed by atoms with Gasteiger partial charge < -0.3 is 21.7 Å². The molecule has 0 fully saturated rings. The monoisotopic (exact) mass is 228 g/mol. The van der Waals surface area contributed by atoms with E-state index >= 15 is 0 Å². The fourth-order valence-corrected chi connectivity index (χ4v) is 1.14. The number of nitro groups is 1. The maximum atomic E-state index is 10.6. The van der Waals surface area contributed by atoms with E-state index in [1.165, 1.54) is 0 Å². The second-order valence-electron chi connectivity index (χ2n) is 3.18. The summed E-state index contributed by atoms with van der Waals surface area (Å²) in [5.74, 6) is -0.247. The van der Waals surface area contributed by atoms with Crippen LogP contribution >= 0.6 is 0 Å². The smallest absolute Gasteiger partial charge is 0.311 e. The van der Waals surface area contributed by atoms with Crippen molar-refractivity contribution in [2.45, 2.75) is 12.2 Å². The van der Waals surface area contributed by atoms with E-state index in [0.717, 1.165) is 12.3 Å². The molecule has 1 aromatic heterocycles. The van der Waals surface area contributed by atoms with Gasteiger partial charge in [-0.15, -0.1) is 0 Å². The Bertz CT molecular complexity index is 398. The van der Waals surface area contributed by atoms with Gasteiger partial charge in [0.2, 0.25) is 5.82 Å². The number of hydrogen-bond donors (Lipinski definition) is 4. The van der Waals surface area contributed by atoms with Crippen LogP contribution in [-0.2, 0) is 0 Å². The van der Waals surface area contributed by atoms with Crippen molar-refractivity contribution in [1.29, 1.82) is 0 Å². The number of aliphatic hydroxyl groups excluding tert-OH is 2. The summed E-state index contributed by atoms with van der Waals surface area (Å²) in [5.41, 5.74) is 10.1. The summed E-state index contributed by atoms with van der Waals surface area (Å²) < 4.78 is 0. The molecule has 0 aliphatic heterocycles. The van der Waals surface area contributed by atoms with Gasteiger partial charge in [-0.2, -0.15) is 0 Å². The number of nitrogens with two attached hydrogens (primary N) is 2. The van der Waals surface area contributed by atoms with Crippen LogP contribution < -0.4 is 11.5 Å². The van der Waals surface area contributed by atoms with Crippen molar-refractivity contribution in [2.24, 2.45) is 5.73 Å². The van der Waals surface area contributed by atoms with E-state index in [-0.39, 0.29) is 17.9 Å². The van der Waals surface area contributed by atoms with Gasteiger partial charge in [0.15, 0.2) is 0 Å². The summed E-state index contributed by atoms with van der Waals surface area (Å²) in [6.45, 7) is -0.167. The Balaban J connectivity index is 3.07. The lowest BCUT2D eigenvalue weighted by atomic mass is 10.1. The van der Waals surface area contributed by atoms with E-state index in [1.807, 2.05) is 0 Å². The average Bonchev–Trinajstić information content (AvgIpc) is 2.27. The summed E-state index contributed by atoms with van der Waals surface area (Å²) in [6.07, 6.45) is -1.37. The molecule has 2 unspecified atom stereocenters. The highest BCUT2D eigenvalue weighted by molar-refractivity contribution is 5.53. The van der Waals surface area contributed by atoms with Crippen molar-refractivity contribution < 1.29 is 15.1 Å². The van der Waals surface area contributed by atoms with Gasteiger partial charge in [0.25, 0.3) is 0 Å². The normalized spacial score (nSPS) is 14.4. The van der Waals surface area contributed by atoms with Gasteiger partial charge in [0.05, 0.1) is 11.0 Å². The number of anilines is 1. The summed E-state index contributed by atoms with van der Waals surface area (Å²) >= 11 is 0. The fourth-order valence-electron chi connectivity index (χ4n) is 1.14. The number of hydrogen-bond acceptors (Lipinski definition) is 7. The first-order chi connectivity index (χ1) is 7.47. The second-order valence-corrected chi connectivity index (χ2v) is 3.18. The molecule has 2 atom stereocenters. The van der Waals surface area contributed by atoms with Crippen molar-refractivity contribution in [3.63, 3.8) is 0 Å². The summed E-state index contributed by atoms with van der Waals surface area (Å²) in [5, 5.41) is 29.4. The van der Waals surface area contributed by atoms with Crippen LogP contribution in [0.4, 0.5) is 11.5 Å². The van der Waals surface area contributed by atoms with Gasteiger partial charge in [-0.05, 0) is 0 Å². The van der Waals surface area contributed by atoms with Gasteiger partial charge in [0, 0.05) is 24.4 Å². The fraction of sp³-hybridized carbons (Fsp3) is 0.375. The second kappa shape index (κ2) is 4.84. The van der Waals surface area contributed by atoms with Crippen LogP contribution in [0.3, 0.4) is 0 Å². The number of nitrogen functional groups attached to an aromatic ring is 1. The highest BCUT2D eigenvalue weighted by Crippen LogP contribution is 2.24. The SMILES string of the molecule is NCC(O)C(O)c1cnc(N)c([N+](=O)[O-])c1. The van der Waals surface area contributed by atoms with Gasteiger partial charge in [-0.25, -0.2) is 4.98 Å². The summed E-state index contributed by atoms with van der Waals surface area (Å²) in [6, 6.07) is 1.06. The molecule has 1 heterocycles. The van der Waals surface area contributed by atoms with Crippen molar-refractivity contribution in [2.75, 3.05) is 12.3 Å². The lowest BCUT2D eigenvalue weighted by Gasteiger charge is -2.15. The minimum absolute atomic E-state index is 0.0962. The lowest BCUT2D eigenvalue weighted by Crippen LogP contribution is -2.27. The quantitative estimate of drug-likeness (QED) is 0.378. The molecule has 0 spiro atoms. The zero-order chi connectivity index (χ0) is 12.3. The molecule has 0 saturated heterocycles. The number of pyridine rings is 1. The molecule has 0 aromatic carbocycles. The first-order valence-electron chi connectivity index (χ1n) is 4.43. The molecule has 0 aliphatic carbocycles. The van der Waals surface area contributed by atoms with Crippen LogP contribution in [0.5, 0.6) is 0 Å². The molecule has 0 aliphatic rings.